The number of nitro groups is 1. The summed E-state index contributed by atoms with van der Waals surface area (Å²) in [5, 5.41) is 13.6. The predicted molar refractivity (Wildman–Crippen MR) is 103 cm³/mol. The lowest BCUT2D eigenvalue weighted by molar-refractivity contribution is -0.384. The number of methoxy groups -OCH3 is 1. The summed E-state index contributed by atoms with van der Waals surface area (Å²) >= 11 is 0. The standard InChI is InChI=1S/C20H22N2O6/c1-13-8-10-16(22(25)26)20(14(13)2)21-18(23)12-28-19(24)11-9-15-6-4-5-7-17(15)27-3/h4-8,10H,9,11-12H2,1-3H3,(H,21,23). The Kier molecular flexibility index (Phi) is 7.08. The van der Waals surface area contributed by atoms with E-state index in [-0.39, 0.29) is 17.8 Å². The van der Waals surface area contributed by atoms with Gasteiger partial charge in [-0.05, 0) is 43.0 Å². The van der Waals surface area contributed by atoms with Crippen molar-refractivity contribution >= 4 is 23.3 Å². The summed E-state index contributed by atoms with van der Waals surface area (Å²) < 4.78 is 10.2. The molecule has 0 bridgehead atoms. The van der Waals surface area contributed by atoms with Crippen molar-refractivity contribution in [3.8, 4) is 5.75 Å². The van der Waals surface area contributed by atoms with E-state index in [1.807, 2.05) is 18.2 Å². The molecular weight excluding hydrogens is 364 g/mol. The molecule has 2 aromatic carbocycles. The second-order valence-electron chi connectivity index (χ2n) is 6.18. The molecule has 0 aliphatic heterocycles. The van der Waals surface area contributed by atoms with Crippen LogP contribution in [0.2, 0.25) is 0 Å². The van der Waals surface area contributed by atoms with Gasteiger partial charge in [-0.25, -0.2) is 0 Å². The van der Waals surface area contributed by atoms with Gasteiger partial charge in [0, 0.05) is 12.5 Å². The minimum atomic E-state index is -0.637. The SMILES string of the molecule is COc1ccccc1CCC(=O)OCC(=O)Nc1c([N+](=O)[O-])ccc(C)c1C. The average molecular weight is 386 g/mol. The lowest BCUT2D eigenvalue weighted by atomic mass is 10.1. The first-order valence-corrected chi connectivity index (χ1v) is 8.65. The van der Waals surface area contributed by atoms with Gasteiger partial charge in [-0.3, -0.25) is 19.7 Å². The van der Waals surface area contributed by atoms with E-state index in [1.165, 1.54) is 6.07 Å². The highest BCUT2D eigenvalue weighted by molar-refractivity contribution is 5.96. The molecule has 0 saturated carbocycles. The first-order chi connectivity index (χ1) is 13.3. The van der Waals surface area contributed by atoms with E-state index >= 15 is 0 Å². The molecule has 0 atom stereocenters. The number of hydrogen-bond acceptors (Lipinski definition) is 6. The monoisotopic (exact) mass is 386 g/mol. The van der Waals surface area contributed by atoms with Gasteiger partial charge in [0.1, 0.15) is 11.4 Å². The number of aryl methyl sites for hydroxylation is 2. The summed E-state index contributed by atoms with van der Waals surface area (Å²) in [5.41, 5.74) is 2.15. The normalized spacial score (nSPS) is 10.2. The van der Waals surface area contributed by atoms with E-state index in [0.717, 1.165) is 11.1 Å². The molecular formula is C20H22N2O6. The third-order valence-corrected chi connectivity index (χ3v) is 4.33. The van der Waals surface area contributed by atoms with Crippen molar-refractivity contribution < 1.29 is 24.0 Å². The highest BCUT2D eigenvalue weighted by atomic mass is 16.6. The molecule has 0 heterocycles. The summed E-state index contributed by atoms with van der Waals surface area (Å²) in [5.74, 6) is -0.505. The topological polar surface area (TPSA) is 108 Å². The third kappa shape index (κ3) is 5.29. The van der Waals surface area contributed by atoms with E-state index in [1.54, 1.807) is 33.1 Å². The number of benzene rings is 2. The van der Waals surface area contributed by atoms with Crippen molar-refractivity contribution in [3.63, 3.8) is 0 Å². The van der Waals surface area contributed by atoms with Crippen molar-refractivity contribution in [2.75, 3.05) is 19.0 Å². The van der Waals surface area contributed by atoms with Crippen molar-refractivity contribution in [1.29, 1.82) is 0 Å². The summed E-state index contributed by atoms with van der Waals surface area (Å²) in [7, 11) is 1.55. The number of amides is 1. The molecule has 2 aromatic rings. The van der Waals surface area contributed by atoms with Crippen LogP contribution in [0.15, 0.2) is 36.4 Å². The smallest absolute Gasteiger partial charge is 0.306 e. The van der Waals surface area contributed by atoms with Crippen LogP contribution in [0, 0.1) is 24.0 Å². The van der Waals surface area contributed by atoms with Crippen LogP contribution in [0.3, 0.4) is 0 Å². The van der Waals surface area contributed by atoms with Gasteiger partial charge in [-0.1, -0.05) is 24.3 Å². The lowest BCUT2D eigenvalue weighted by Gasteiger charge is -2.11. The number of anilines is 1. The maximum atomic E-state index is 12.1. The molecule has 0 saturated heterocycles. The van der Waals surface area contributed by atoms with Crippen LogP contribution in [-0.2, 0) is 20.7 Å². The summed E-state index contributed by atoms with van der Waals surface area (Å²) in [6, 6.07) is 10.3. The second-order valence-corrected chi connectivity index (χ2v) is 6.18. The lowest BCUT2D eigenvalue weighted by Crippen LogP contribution is -2.22. The van der Waals surface area contributed by atoms with Crippen LogP contribution in [0.5, 0.6) is 5.75 Å². The maximum absolute atomic E-state index is 12.1. The van der Waals surface area contributed by atoms with Crippen LogP contribution in [0.25, 0.3) is 0 Å². The summed E-state index contributed by atoms with van der Waals surface area (Å²) in [6.45, 7) is 2.94. The van der Waals surface area contributed by atoms with Crippen LogP contribution < -0.4 is 10.1 Å². The van der Waals surface area contributed by atoms with Gasteiger partial charge in [0.05, 0.1) is 12.0 Å². The molecule has 1 N–H and O–H groups in total. The van der Waals surface area contributed by atoms with Crippen LogP contribution >= 0.6 is 0 Å². The zero-order valence-corrected chi connectivity index (χ0v) is 16.0. The highest BCUT2D eigenvalue weighted by Gasteiger charge is 2.20. The zero-order chi connectivity index (χ0) is 20.7. The van der Waals surface area contributed by atoms with Crippen LogP contribution in [0.1, 0.15) is 23.1 Å². The molecule has 0 aliphatic carbocycles. The van der Waals surface area contributed by atoms with Crippen molar-refractivity contribution in [2.45, 2.75) is 26.7 Å². The molecule has 0 radical (unpaired) electrons. The van der Waals surface area contributed by atoms with E-state index in [4.69, 9.17) is 9.47 Å². The first kappa shape index (κ1) is 20.9. The van der Waals surface area contributed by atoms with E-state index in [2.05, 4.69) is 5.32 Å². The minimum Gasteiger partial charge on any atom is -0.496 e. The van der Waals surface area contributed by atoms with Gasteiger partial charge in [-0.15, -0.1) is 0 Å². The predicted octanol–water partition coefficient (Wildman–Crippen LogP) is 3.33. The molecule has 0 aliphatic rings. The quantitative estimate of drug-likeness (QED) is 0.423. The number of para-hydroxylation sites is 1. The number of carbonyl (C=O) groups excluding carboxylic acids is 2. The Balaban J connectivity index is 1.91. The van der Waals surface area contributed by atoms with Gasteiger partial charge in [0.25, 0.3) is 11.6 Å². The van der Waals surface area contributed by atoms with E-state index < -0.39 is 23.4 Å². The largest absolute Gasteiger partial charge is 0.496 e. The minimum absolute atomic E-state index is 0.0806. The Morgan fingerprint density at radius 1 is 1.14 bits per heavy atom. The summed E-state index contributed by atoms with van der Waals surface area (Å²) in [6.07, 6.45) is 0.490. The Hall–Kier alpha value is -3.42. The number of nitro benzene ring substituents is 1. The molecule has 8 nitrogen and oxygen atoms in total. The summed E-state index contributed by atoms with van der Waals surface area (Å²) in [4.78, 5) is 34.6. The Morgan fingerprint density at radius 3 is 2.54 bits per heavy atom. The number of nitrogens with one attached hydrogen (secondary N) is 1. The average Bonchev–Trinajstić information content (AvgIpc) is 2.68. The number of ether oxygens (including phenoxy) is 2. The first-order valence-electron chi connectivity index (χ1n) is 8.65. The van der Waals surface area contributed by atoms with Gasteiger partial charge >= 0.3 is 5.97 Å². The maximum Gasteiger partial charge on any atom is 0.306 e. The number of hydrogen-bond donors (Lipinski definition) is 1. The Labute approximate surface area is 162 Å². The molecule has 1 amide bonds. The fourth-order valence-corrected chi connectivity index (χ4v) is 2.65. The molecule has 0 aromatic heterocycles. The van der Waals surface area contributed by atoms with Gasteiger partial charge in [0.2, 0.25) is 0 Å². The van der Waals surface area contributed by atoms with Gasteiger partial charge < -0.3 is 14.8 Å². The van der Waals surface area contributed by atoms with Crippen molar-refractivity contribution in [3.05, 3.63) is 63.2 Å². The fourth-order valence-electron chi connectivity index (χ4n) is 2.65. The zero-order valence-electron chi connectivity index (χ0n) is 16.0. The fraction of sp³-hybridized carbons (Fsp3) is 0.300. The molecule has 0 unspecified atom stereocenters. The molecule has 8 heteroatoms. The third-order valence-electron chi connectivity index (χ3n) is 4.33. The van der Waals surface area contributed by atoms with E-state index in [9.17, 15) is 19.7 Å². The van der Waals surface area contributed by atoms with E-state index in [0.29, 0.717) is 17.7 Å². The number of esters is 1. The van der Waals surface area contributed by atoms with Crippen LogP contribution in [-0.4, -0.2) is 30.5 Å². The molecule has 148 valence electrons. The number of carbonyl (C=O) groups is 2. The molecule has 2 rings (SSSR count). The van der Waals surface area contributed by atoms with Gasteiger partial charge in [0.15, 0.2) is 6.61 Å². The molecule has 0 spiro atoms. The van der Waals surface area contributed by atoms with Crippen LogP contribution in [0.4, 0.5) is 11.4 Å². The van der Waals surface area contributed by atoms with Crippen molar-refractivity contribution in [1.82, 2.24) is 0 Å². The Morgan fingerprint density at radius 2 is 1.86 bits per heavy atom. The molecule has 28 heavy (non-hydrogen) atoms. The number of nitrogens with zero attached hydrogens (tertiary/aromatic N) is 1. The van der Waals surface area contributed by atoms with Crippen molar-refractivity contribution in [2.24, 2.45) is 0 Å². The van der Waals surface area contributed by atoms with Gasteiger partial charge in [-0.2, -0.15) is 0 Å². The molecule has 0 fully saturated rings. The second kappa shape index (κ2) is 9.50. The highest BCUT2D eigenvalue weighted by Crippen LogP contribution is 2.30. The Bertz CT molecular complexity index is 894. The number of rotatable bonds is 8.